The Kier molecular flexibility index (Phi) is 4.87. The van der Waals surface area contributed by atoms with E-state index in [0.29, 0.717) is 30.2 Å². The zero-order valence-corrected chi connectivity index (χ0v) is 16.6. The summed E-state index contributed by atoms with van der Waals surface area (Å²) in [4.78, 5) is 5.58. The van der Waals surface area contributed by atoms with Gasteiger partial charge in [-0.15, -0.1) is 0 Å². The van der Waals surface area contributed by atoms with E-state index in [1.165, 1.54) is 12.1 Å². The molecule has 2 aromatic heterocycles. The van der Waals surface area contributed by atoms with Crippen molar-refractivity contribution in [2.45, 2.75) is 31.8 Å². The standard InChI is InChI=1S/C24H21F3N2O2/c25-24(26,27)16-5-3-4-15(12-16)23-22-20(19-6-1-2-7-21(19)28-22)10-11-29(23)13-17-8-9-18(14-30)31-17/h1-9,12,23,28,30H,10-11,13-14H2. The average Bonchev–Trinajstić information content (AvgIpc) is 3.37. The molecule has 0 saturated carbocycles. The number of aromatic amines is 1. The van der Waals surface area contributed by atoms with Gasteiger partial charge in [-0.3, -0.25) is 4.90 Å². The SMILES string of the molecule is OCc1ccc(CN2CCc3c([nH]c4ccccc34)C2c2cccc(C(F)(F)F)c2)o1. The molecule has 1 aliphatic heterocycles. The third-order valence-electron chi connectivity index (χ3n) is 5.90. The van der Waals surface area contributed by atoms with Gasteiger partial charge >= 0.3 is 6.18 Å². The Morgan fingerprint density at radius 2 is 1.84 bits per heavy atom. The monoisotopic (exact) mass is 426 g/mol. The first-order valence-electron chi connectivity index (χ1n) is 10.1. The van der Waals surface area contributed by atoms with E-state index in [-0.39, 0.29) is 12.6 Å². The van der Waals surface area contributed by atoms with Gasteiger partial charge in [-0.1, -0.05) is 30.3 Å². The van der Waals surface area contributed by atoms with Crippen molar-refractivity contribution >= 4 is 10.9 Å². The molecule has 0 spiro atoms. The fourth-order valence-electron chi connectivity index (χ4n) is 4.52. The number of aliphatic hydroxyl groups excluding tert-OH is 1. The lowest BCUT2D eigenvalue weighted by Crippen LogP contribution is -2.35. The van der Waals surface area contributed by atoms with Crippen molar-refractivity contribution in [1.82, 2.24) is 9.88 Å². The minimum atomic E-state index is -4.41. The summed E-state index contributed by atoms with van der Waals surface area (Å²) in [5.74, 6) is 1.13. The zero-order valence-electron chi connectivity index (χ0n) is 16.6. The van der Waals surface area contributed by atoms with E-state index in [1.54, 1.807) is 18.2 Å². The van der Waals surface area contributed by atoms with Gasteiger partial charge in [0.15, 0.2) is 0 Å². The van der Waals surface area contributed by atoms with Crippen LogP contribution in [0.4, 0.5) is 13.2 Å². The van der Waals surface area contributed by atoms with Gasteiger partial charge in [0.1, 0.15) is 18.1 Å². The Hall–Kier alpha value is -3.03. The highest BCUT2D eigenvalue weighted by Crippen LogP contribution is 2.40. The van der Waals surface area contributed by atoms with Crippen LogP contribution in [0.25, 0.3) is 10.9 Å². The van der Waals surface area contributed by atoms with Crippen molar-refractivity contribution in [3.05, 3.63) is 94.6 Å². The maximum absolute atomic E-state index is 13.4. The molecule has 3 heterocycles. The first kappa shape index (κ1) is 19.9. The zero-order chi connectivity index (χ0) is 21.6. The molecule has 2 N–H and O–H groups in total. The van der Waals surface area contributed by atoms with Crippen LogP contribution in [0.2, 0.25) is 0 Å². The summed E-state index contributed by atoms with van der Waals surface area (Å²) < 4.78 is 45.9. The van der Waals surface area contributed by atoms with Crippen LogP contribution in [0, 0.1) is 0 Å². The second kappa shape index (κ2) is 7.59. The highest BCUT2D eigenvalue weighted by molar-refractivity contribution is 5.85. The molecule has 160 valence electrons. The fraction of sp³-hybridized carbons (Fsp3) is 0.250. The lowest BCUT2D eigenvalue weighted by atomic mass is 9.91. The Bertz CT molecular complexity index is 1230. The molecular weight excluding hydrogens is 405 g/mol. The highest BCUT2D eigenvalue weighted by Gasteiger charge is 2.35. The number of nitrogens with zero attached hydrogens (tertiary/aromatic N) is 1. The number of fused-ring (bicyclic) bond motifs is 3. The fourth-order valence-corrected chi connectivity index (χ4v) is 4.52. The maximum atomic E-state index is 13.4. The number of nitrogens with one attached hydrogen (secondary N) is 1. The first-order chi connectivity index (χ1) is 14.9. The third kappa shape index (κ3) is 3.64. The maximum Gasteiger partial charge on any atom is 0.416 e. The van der Waals surface area contributed by atoms with Crippen molar-refractivity contribution < 1.29 is 22.7 Å². The molecule has 0 bridgehead atoms. The van der Waals surface area contributed by atoms with Gasteiger partial charge in [-0.2, -0.15) is 13.2 Å². The summed E-state index contributed by atoms with van der Waals surface area (Å²) >= 11 is 0. The molecule has 7 heteroatoms. The Morgan fingerprint density at radius 3 is 2.61 bits per heavy atom. The number of alkyl halides is 3. The molecule has 0 amide bonds. The Balaban J connectivity index is 1.62. The molecule has 4 nitrogen and oxygen atoms in total. The van der Waals surface area contributed by atoms with E-state index >= 15 is 0 Å². The van der Waals surface area contributed by atoms with Crippen molar-refractivity contribution in [3.63, 3.8) is 0 Å². The molecule has 31 heavy (non-hydrogen) atoms. The number of rotatable bonds is 4. The number of halogens is 3. The van der Waals surface area contributed by atoms with Crippen LogP contribution < -0.4 is 0 Å². The van der Waals surface area contributed by atoms with Crippen LogP contribution in [0.15, 0.2) is 65.1 Å². The summed E-state index contributed by atoms with van der Waals surface area (Å²) in [7, 11) is 0. The minimum absolute atomic E-state index is 0.191. The average molecular weight is 426 g/mol. The van der Waals surface area contributed by atoms with Crippen LogP contribution in [0.5, 0.6) is 0 Å². The van der Waals surface area contributed by atoms with Crippen molar-refractivity contribution in [1.29, 1.82) is 0 Å². The van der Waals surface area contributed by atoms with E-state index in [4.69, 9.17) is 4.42 Å². The molecule has 0 radical (unpaired) electrons. The number of aliphatic hydroxyl groups is 1. The topological polar surface area (TPSA) is 52.4 Å². The minimum Gasteiger partial charge on any atom is -0.462 e. The Labute approximate surface area is 176 Å². The summed E-state index contributed by atoms with van der Waals surface area (Å²) in [6.07, 6.45) is -3.63. The molecule has 1 unspecified atom stereocenters. The summed E-state index contributed by atoms with van der Waals surface area (Å²) in [6, 6.07) is 16.6. The molecule has 0 fully saturated rings. The predicted molar refractivity (Wildman–Crippen MR) is 110 cm³/mol. The molecule has 1 atom stereocenters. The number of H-pyrrole nitrogens is 1. The van der Waals surface area contributed by atoms with E-state index in [0.717, 1.165) is 34.6 Å². The smallest absolute Gasteiger partial charge is 0.416 e. The van der Waals surface area contributed by atoms with Gasteiger partial charge in [-0.05, 0) is 47.9 Å². The number of aromatic nitrogens is 1. The van der Waals surface area contributed by atoms with E-state index < -0.39 is 11.7 Å². The molecule has 1 aliphatic rings. The van der Waals surface area contributed by atoms with Gasteiger partial charge < -0.3 is 14.5 Å². The summed E-state index contributed by atoms with van der Waals surface area (Å²) in [5.41, 5.74) is 2.96. The second-order valence-corrected chi connectivity index (χ2v) is 7.84. The number of benzene rings is 2. The van der Waals surface area contributed by atoms with Crippen molar-refractivity contribution in [2.75, 3.05) is 6.54 Å². The summed E-state index contributed by atoms with van der Waals surface area (Å²) in [6.45, 7) is 0.907. The van der Waals surface area contributed by atoms with Gasteiger partial charge in [-0.25, -0.2) is 0 Å². The summed E-state index contributed by atoms with van der Waals surface area (Å²) in [5, 5.41) is 10.4. The molecule has 0 saturated heterocycles. The van der Waals surface area contributed by atoms with E-state index in [2.05, 4.69) is 9.88 Å². The van der Waals surface area contributed by atoms with Gasteiger partial charge in [0.2, 0.25) is 0 Å². The van der Waals surface area contributed by atoms with E-state index in [1.807, 2.05) is 24.3 Å². The van der Waals surface area contributed by atoms with Crippen molar-refractivity contribution in [3.8, 4) is 0 Å². The number of para-hydroxylation sites is 1. The lowest BCUT2D eigenvalue weighted by molar-refractivity contribution is -0.137. The molecular formula is C24H21F3N2O2. The lowest BCUT2D eigenvalue weighted by Gasteiger charge is -2.36. The normalized spacial score (nSPS) is 17.2. The second-order valence-electron chi connectivity index (χ2n) is 7.84. The largest absolute Gasteiger partial charge is 0.462 e. The Morgan fingerprint density at radius 1 is 1.03 bits per heavy atom. The van der Waals surface area contributed by atoms with Gasteiger partial charge in [0, 0.05) is 23.1 Å². The van der Waals surface area contributed by atoms with Crippen LogP contribution in [-0.2, 0) is 25.7 Å². The van der Waals surface area contributed by atoms with Crippen LogP contribution in [0.3, 0.4) is 0 Å². The van der Waals surface area contributed by atoms with Crippen LogP contribution in [-0.4, -0.2) is 21.5 Å². The molecule has 0 aliphatic carbocycles. The first-order valence-corrected chi connectivity index (χ1v) is 10.1. The number of hydrogen-bond acceptors (Lipinski definition) is 3. The number of hydrogen-bond donors (Lipinski definition) is 2. The van der Waals surface area contributed by atoms with Gasteiger partial charge in [0.05, 0.1) is 18.2 Å². The molecule has 5 rings (SSSR count). The van der Waals surface area contributed by atoms with Gasteiger partial charge in [0.25, 0.3) is 0 Å². The molecule has 2 aromatic carbocycles. The third-order valence-corrected chi connectivity index (χ3v) is 5.90. The van der Waals surface area contributed by atoms with Crippen molar-refractivity contribution in [2.24, 2.45) is 0 Å². The van der Waals surface area contributed by atoms with E-state index in [9.17, 15) is 18.3 Å². The van der Waals surface area contributed by atoms with Crippen LogP contribution in [0.1, 0.15) is 39.9 Å². The predicted octanol–water partition coefficient (Wildman–Crippen LogP) is 5.42. The quantitative estimate of drug-likeness (QED) is 0.458. The number of furan rings is 1. The molecule has 4 aromatic rings. The van der Waals surface area contributed by atoms with Crippen LogP contribution >= 0.6 is 0 Å². The highest BCUT2D eigenvalue weighted by atomic mass is 19.4.